The molecule has 0 saturated carbocycles. The standard InChI is InChI=1S/C9H10N2O5/c1-16-9(13)8(12)5-6-7(11(14)15)3-2-4-10-6/h2-4,8,12H,5H2,1H3. The molecule has 86 valence electrons. The van der Waals surface area contributed by atoms with Crippen LogP contribution in [0.1, 0.15) is 5.69 Å². The van der Waals surface area contributed by atoms with Gasteiger partial charge in [0, 0.05) is 18.7 Å². The summed E-state index contributed by atoms with van der Waals surface area (Å²) in [6.07, 6.45) is -0.338. The van der Waals surface area contributed by atoms with Crippen molar-refractivity contribution < 1.29 is 19.6 Å². The molecule has 1 aromatic rings. The number of ether oxygens (including phenoxy) is 1. The number of methoxy groups -OCH3 is 1. The minimum absolute atomic E-state index is 0.0467. The molecule has 0 bridgehead atoms. The average Bonchev–Trinajstić information content (AvgIpc) is 2.28. The quantitative estimate of drug-likeness (QED) is 0.442. The number of hydrogen-bond donors (Lipinski definition) is 1. The van der Waals surface area contributed by atoms with Crippen molar-refractivity contribution in [3.63, 3.8) is 0 Å². The van der Waals surface area contributed by atoms with Crippen molar-refractivity contribution in [3.8, 4) is 0 Å². The number of carbonyl (C=O) groups excluding carboxylic acids is 1. The summed E-state index contributed by atoms with van der Waals surface area (Å²) in [6, 6.07) is 2.67. The first-order chi connectivity index (χ1) is 7.56. The van der Waals surface area contributed by atoms with Crippen molar-refractivity contribution in [2.24, 2.45) is 0 Å². The van der Waals surface area contributed by atoms with Crippen LogP contribution in [0.5, 0.6) is 0 Å². The molecule has 0 radical (unpaired) electrons. The Labute approximate surface area is 90.8 Å². The highest BCUT2D eigenvalue weighted by molar-refractivity contribution is 5.74. The third-order valence-corrected chi connectivity index (χ3v) is 1.92. The van der Waals surface area contributed by atoms with E-state index in [1.165, 1.54) is 18.3 Å². The number of aliphatic hydroxyl groups is 1. The average molecular weight is 226 g/mol. The van der Waals surface area contributed by atoms with Crippen LogP contribution in [0.4, 0.5) is 5.69 Å². The first-order valence-electron chi connectivity index (χ1n) is 4.40. The van der Waals surface area contributed by atoms with Gasteiger partial charge in [-0.1, -0.05) is 0 Å². The molecule has 1 atom stereocenters. The number of aromatic nitrogens is 1. The lowest BCUT2D eigenvalue weighted by molar-refractivity contribution is -0.386. The van der Waals surface area contributed by atoms with Gasteiger partial charge in [-0.2, -0.15) is 0 Å². The molecule has 1 unspecified atom stereocenters. The Balaban J connectivity index is 2.88. The van der Waals surface area contributed by atoms with Crippen molar-refractivity contribution in [2.45, 2.75) is 12.5 Å². The zero-order chi connectivity index (χ0) is 12.1. The van der Waals surface area contributed by atoms with Crippen LogP contribution in [-0.2, 0) is 16.0 Å². The van der Waals surface area contributed by atoms with E-state index in [-0.39, 0.29) is 17.8 Å². The number of esters is 1. The molecule has 1 N–H and O–H groups in total. The van der Waals surface area contributed by atoms with E-state index in [4.69, 9.17) is 0 Å². The maximum absolute atomic E-state index is 10.9. The number of nitrogens with zero attached hydrogens (tertiary/aromatic N) is 2. The molecule has 0 fully saturated rings. The van der Waals surface area contributed by atoms with Gasteiger partial charge in [-0.3, -0.25) is 15.1 Å². The maximum atomic E-state index is 10.9. The van der Waals surface area contributed by atoms with Gasteiger partial charge in [-0.15, -0.1) is 0 Å². The van der Waals surface area contributed by atoms with Crippen molar-refractivity contribution in [3.05, 3.63) is 34.1 Å². The van der Waals surface area contributed by atoms with E-state index in [1.807, 2.05) is 0 Å². The number of rotatable bonds is 4. The van der Waals surface area contributed by atoms with Crippen LogP contribution < -0.4 is 0 Å². The van der Waals surface area contributed by atoms with E-state index in [0.717, 1.165) is 7.11 Å². The molecular weight excluding hydrogens is 216 g/mol. The smallest absolute Gasteiger partial charge is 0.335 e. The topological polar surface area (TPSA) is 103 Å². The highest BCUT2D eigenvalue weighted by Crippen LogP contribution is 2.16. The first-order valence-corrected chi connectivity index (χ1v) is 4.40. The van der Waals surface area contributed by atoms with Crippen LogP contribution in [-0.4, -0.2) is 34.2 Å². The predicted octanol–water partition coefficient (Wildman–Crippen LogP) is 0.0662. The maximum Gasteiger partial charge on any atom is 0.335 e. The molecule has 0 amide bonds. The first kappa shape index (κ1) is 12.1. The molecule has 1 aromatic heterocycles. The second-order valence-electron chi connectivity index (χ2n) is 2.97. The zero-order valence-electron chi connectivity index (χ0n) is 8.49. The van der Waals surface area contributed by atoms with Gasteiger partial charge in [0.15, 0.2) is 6.10 Å². The lowest BCUT2D eigenvalue weighted by atomic mass is 10.1. The summed E-state index contributed by atoms with van der Waals surface area (Å²) in [4.78, 5) is 24.7. The Morgan fingerprint density at radius 3 is 3.00 bits per heavy atom. The normalized spacial score (nSPS) is 11.9. The van der Waals surface area contributed by atoms with E-state index in [0.29, 0.717) is 0 Å². The van der Waals surface area contributed by atoms with Crippen molar-refractivity contribution >= 4 is 11.7 Å². The van der Waals surface area contributed by atoms with E-state index in [1.54, 1.807) is 0 Å². The van der Waals surface area contributed by atoms with Crippen molar-refractivity contribution in [1.82, 2.24) is 4.98 Å². The number of pyridine rings is 1. The van der Waals surface area contributed by atoms with E-state index in [9.17, 15) is 20.0 Å². The Morgan fingerprint density at radius 2 is 2.44 bits per heavy atom. The van der Waals surface area contributed by atoms with Crippen molar-refractivity contribution in [1.29, 1.82) is 0 Å². The summed E-state index contributed by atoms with van der Waals surface area (Å²) in [5.41, 5.74) is -0.184. The molecule has 0 saturated heterocycles. The molecule has 7 heteroatoms. The van der Waals surface area contributed by atoms with Crippen molar-refractivity contribution in [2.75, 3.05) is 7.11 Å². The Bertz CT molecular complexity index is 407. The van der Waals surface area contributed by atoms with Gasteiger partial charge in [0.2, 0.25) is 0 Å². The fourth-order valence-electron chi connectivity index (χ4n) is 1.16. The van der Waals surface area contributed by atoms with Crippen LogP contribution in [0.2, 0.25) is 0 Å². The molecule has 1 rings (SSSR count). The number of nitro groups is 1. The summed E-state index contributed by atoms with van der Waals surface area (Å²) < 4.78 is 4.30. The molecule has 0 aliphatic rings. The van der Waals surface area contributed by atoms with Gasteiger partial charge in [0.05, 0.1) is 12.0 Å². The van der Waals surface area contributed by atoms with Crippen LogP contribution >= 0.6 is 0 Å². The molecule has 16 heavy (non-hydrogen) atoms. The summed E-state index contributed by atoms with van der Waals surface area (Å²) in [5.74, 6) is -0.847. The van der Waals surface area contributed by atoms with Crippen LogP contribution in [0.15, 0.2) is 18.3 Å². The van der Waals surface area contributed by atoms with Gasteiger partial charge >= 0.3 is 5.97 Å². The SMILES string of the molecule is COC(=O)C(O)Cc1ncccc1[N+](=O)[O-]. The number of hydrogen-bond acceptors (Lipinski definition) is 6. The number of aliphatic hydroxyl groups excluding tert-OH is 1. The van der Waals surface area contributed by atoms with Crippen LogP contribution in [0, 0.1) is 10.1 Å². The van der Waals surface area contributed by atoms with Crippen LogP contribution in [0.25, 0.3) is 0 Å². The fraction of sp³-hybridized carbons (Fsp3) is 0.333. The Morgan fingerprint density at radius 1 is 1.75 bits per heavy atom. The summed E-state index contributed by atoms with van der Waals surface area (Å²) in [5, 5.41) is 20.0. The van der Waals surface area contributed by atoms with Gasteiger partial charge in [-0.05, 0) is 6.07 Å². The van der Waals surface area contributed by atoms with Gasteiger partial charge in [-0.25, -0.2) is 4.79 Å². The van der Waals surface area contributed by atoms with Gasteiger partial charge in [0.25, 0.3) is 5.69 Å². The monoisotopic (exact) mass is 226 g/mol. The molecule has 0 aliphatic heterocycles. The third-order valence-electron chi connectivity index (χ3n) is 1.92. The largest absolute Gasteiger partial charge is 0.467 e. The molecule has 1 heterocycles. The van der Waals surface area contributed by atoms with E-state index in [2.05, 4.69) is 9.72 Å². The van der Waals surface area contributed by atoms with Gasteiger partial charge < -0.3 is 9.84 Å². The predicted molar refractivity (Wildman–Crippen MR) is 52.6 cm³/mol. The second-order valence-corrected chi connectivity index (χ2v) is 2.97. The highest BCUT2D eigenvalue weighted by Gasteiger charge is 2.22. The Hall–Kier alpha value is -2.02. The zero-order valence-corrected chi connectivity index (χ0v) is 8.49. The fourth-order valence-corrected chi connectivity index (χ4v) is 1.16. The van der Waals surface area contributed by atoms with E-state index < -0.39 is 17.0 Å². The Kier molecular flexibility index (Phi) is 3.90. The third kappa shape index (κ3) is 2.74. The summed E-state index contributed by atoms with van der Waals surface area (Å²) >= 11 is 0. The minimum Gasteiger partial charge on any atom is -0.467 e. The van der Waals surface area contributed by atoms with E-state index >= 15 is 0 Å². The molecule has 7 nitrogen and oxygen atoms in total. The molecule has 0 aromatic carbocycles. The highest BCUT2D eigenvalue weighted by atomic mass is 16.6. The molecular formula is C9H10N2O5. The summed E-state index contributed by atoms with van der Waals surface area (Å²) in [7, 11) is 1.12. The summed E-state index contributed by atoms with van der Waals surface area (Å²) in [6.45, 7) is 0. The molecule has 0 aliphatic carbocycles. The van der Waals surface area contributed by atoms with Gasteiger partial charge in [0.1, 0.15) is 5.69 Å². The molecule has 0 spiro atoms. The van der Waals surface area contributed by atoms with Crippen LogP contribution in [0.3, 0.4) is 0 Å². The number of carbonyl (C=O) groups is 1. The second kappa shape index (κ2) is 5.17. The lowest BCUT2D eigenvalue weighted by Gasteiger charge is -2.07. The lowest BCUT2D eigenvalue weighted by Crippen LogP contribution is -2.24. The minimum atomic E-state index is -1.45.